The van der Waals surface area contributed by atoms with Crippen molar-refractivity contribution >= 4 is 11.6 Å². The molecule has 0 spiro atoms. The van der Waals surface area contributed by atoms with Crippen molar-refractivity contribution in [3.05, 3.63) is 60.2 Å². The third kappa shape index (κ3) is 4.68. The van der Waals surface area contributed by atoms with E-state index in [2.05, 4.69) is 0 Å². The Morgan fingerprint density at radius 3 is 1.56 bits per heavy atom. The summed E-state index contributed by atoms with van der Waals surface area (Å²) >= 11 is 5.53. The summed E-state index contributed by atoms with van der Waals surface area (Å²) in [5.41, 5.74) is 1.18. The van der Waals surface area contributed by atoms with E-state index in [0.29, 0.717) is 5.88 Å². The standard InChI is InChI=1S/C8H10O2.C7H7Cl/c1-9-7-5-3-4-6-8(7)10-2;8-6-7-4-2-1-3-5-7/h3-6H,1-2H3;1-5H,6H2. The van der Waals surface area contributed by atoms with Gasteiger partial charge < -0.3 is 9.47 Å². The van der Waals surface area contributed by atoms with Crippen molar-refractivity contribution in [2.75, 3.05) is 14.2 Å². The van der Waals surface area contributed by atoms with Crippen LogP contribution in [0.15, 0.2) is 54.6 Å². The SMILES string of the molecule is COc1ccccc1OC.ClCc1ccccc1. The quantitative estimate of drug-likeness (QED) is 0.776. The lowest BCUT2D eigenvalue weighted by Crippen LogP contribution is -1.88. The summed E-state index contributed by atoms with van der Waals surface area (Å²) in [7, 11) is 3.25. The number of methoxy groups -OCH3 is 2. The van der Waals surface area contributed by atoms with Gasteiger partial charge in [-0.15, -0.1) is 11.6 Å². The first-order valence-corrected chi connectivity index (χ1v) is 6.12. The molecule has 0 amide bonds. The van der Waals surface area contributed by atoms with Crippen LogP contribution >= 0.6 is 11.6 Å². The Balaban J connectivity index is 0.000000184. The lowest BCUT2D eigenvalue weighted by molar-refractivity contribution is 0.355. The average molecular weight is 265 g/mol. The molecule has 0 aromatic heterocycles. The molecule has 3 heteroatoms. The number of hydrogen-bond acceptors (Lipinski definition) is 2. The van der Waals surface area contributed by atoms with Crippen molar-refractivity contribution < 1.29 is 9.47 Å². The molecule has 2 rings (SSSR count). The number of benzene rings is 2. The zero-order chi connectivity index (χ0) is 13.2. The van der Waals surface area contributed by atoms with Crippen LogP contribution in [-0.4, -0.2) is 14.2 Å². The first-order valence-electron chi connectivity index (χ1n) is 5.58. The molecule has 0 aliphatic rings. The van der Waals surface area contributed by atoms with Crippen LogP contribution in [0.2, 0.25) is 0 Å². The summed E-state index contributed by atoms with van der Waals surface area (Å²) in [6.45, 7) is 0. The third-order valence-corrected chi connectivity index (χ3v) is 2.59. The molecule has 2 nitrogen and oxygen atoms in total. The summed E-state index contributed by atoms with van der Waals surface area (Å²) in [5, 5.41) is 0. The van der Waals surface area contributed by atoms with Crippen LogP contribution in [0.25, 0.3) is 0 Å². The van der Waals surface area contributed by atoms with Crippen LogP contribution in [0.4, 0.5) is 0 Å². The minimum atomic E-state index is 0.612. The summed E-state index contributed by atoms with van der Waals surface area (Å²) in [6, 6.07) is 17.5. The molecule has 18 heavy (non-hydrogen) atoms. The number of hydrogen-bond donors (Lipinski definition) is 0. The zero-order valence-corrected chi connectivity index (χ0v) is 11.4. The van der Waals surface area contributed by atoms with Gasteiger partial charge in [-0.1, -0.05) is 42.5 Å². The Morgan fingerprint density at radius 2 is 1.22 bits per heavy atom. The molecule has 0 N–H and O–H groups in total. The Kier molecular flexibility index (Phi) is 6.74. The van der Waals surface area contributed by atoms with Crippen LogP contribution in [0.3, 0.4) is 0 Å². The number of halogens is 1. The van der Waals surface area contributed by atoms with Gasteiger partial charge in [-0.3, -0.25) is 0 Å². The van der Waals surface area contributed by atoms with Gasteiger partial charge in [0, 0.05) is 5.88 Å². The van der Waals surface area contributed by atoms with E-state index in [1.54, 1.807) is 14.2 Å². The van der Waals surface area contributed by atoms with Gasteiger partial charge >= 0.3 is 0 Å². The molecule has 0 saturated carbocycles. The first-order chi connectivity index (χ1) is 8.81. The highest BCUT2D eigenvalue weighted by atomic mass is 35.5. The van der Waals surface area contributed by atoms with Crippen molar-refractivity contribution in [1.82, 2.24) is 0 Å². The monoisotopic (exact) mass is 264 g/mol. The maximum absolute atomic E-state index is 5.53. The maximum Gasteiger partial charge on any atom is 0.160 e. The molecule has 2 aromatic carbocycles. The van der Waals surface area contributed by atoms with E-state index in [0.717, 1.165) is 11.5 Å². The van der Waals surface area contributed by atoms with Crippen molar-refractivity contribution in [1.29, 1.82) is 0 Å². The second kappa shape index (κ2) is 8.43. The van der Waals surface area contributed by atoms with E-state index in [1.807, 2.05) is 54.6 Å². The van der Waals surface area contributed by atoms with Crippen molar-refractivity contribution in [3.63, 3.8) is 0 Å². The van der Waals surface area contributed by atoms with Crippen molar-refractivity contribution in [2.45, 2.75) is 5.88 Å². The van der Waals surface area contributed by atoms with Crippen LogP contribution < -0.4 is 9.47 Å². The molecule has 0 radical (unpaired) electrons. The normalized spacial score (nSPS) is 9.06. The van der Waals surface area contributed by atoms with Gasteiger partial charge in [0.25, 0.3) is 0 Å². The van der Waals surface area contributed by atoms with Gasteiger partial charge in [0.05, 0.1) is 14.2 Å². The lowest BCUT2D eigenvalue weighted by atomic mass is 10.2. The topological polar surface area (TPSA) is 18.5 Å². The molecular formula is C15H17ClO2. The average Bonchev–Trinajstić information content (AvgIpc) is 2.48. The van der Waals surface area contributed by atoms with E-state index in [4.69, 9.17) is 21.1 Å². The summed E-state index contributed by atoms with van der Waals surface area (Å²) in [6.07, 6.45) is 0. The molecular weight excluding hydrogens is 248 g/mol. The molecule has 0 aliphatic heterocycles. The second-order valence-corrected chi connectivity index (χ2v) is 3.74. The Bertz CT molecular complexity index is 420. The predicted octanol–water partition coefficient (Wildman–Crippen LogP) is 4.13. The molecule has 0 fully saturated rings. The lowest BCUT2D eigenvalue weighted by Gasteiger charge is -2.04. The largest absolute Gasteiger partial charge is 0.493 e. The van der Waals surface area contributed by atoms with Gasteiger partial charge in [-0.05, 0) is 17.7 Å². The molecule has 0 bridgehead atoms. The smallest absolute Gasteiger partial charge is 0.160 e. The number of rotatable bonds is 3. The van der Waals surface area contributed by atoms with Gasteiger partial charge in [-0.25, -0.2) is 0 Å². The molecule has 0 aliphatic carbocycles. The Labute approximate surface area is 113 Å². The van der Waals surface area contributed by atoms with Crippen molar-refractivity contribution in [3.8, 4) is 11.5 Å². The van der Waals surface area contributed by atoms with E-state index in [9.17, 15) is 0 Å². The minimum Gasteiger partial charge on any atom is -0.493 e. The summed E-state index contributed by atoms with van der Waals surface area (Å²) in [5.74, 6) is 2.15. The first kappa shape index (κ1) is 14.4. The van der Waals surface area contributed by atoms with Gasteiger partial charge in [0.15, 0.2) is 11.5 Å². The molecule has 0 saturated heterocycles. The Hall–Kier alpha value is -1.67. The van der Waals surface area contributed by atoms with E-state index in [1.165, 1.54) is 5.56 Å². The van der Waals surface area contributed by atoms with Crippen LogP contribution in [0, 0.1) is 0 Å². The van der Waals surface area contributed by atoms with E-state index >= 15 is 0 Å². The third-order valence-electron chi connectivity index (χ3n) is 2.29. The van der Waals surface area contributed by atoms with Gasteiger partial charge in [0.2, 0.25) is 0 Å². The summed E-state index contributed by atoms with van der Waals surface area (Å²) < 4.78 is 10.0. The highest BCUT2D eigenvalue weighted by molar-refractivity contribution is 6.17. The Morgan fingerprint density at radius 1 is 0.778 bits per heavy atom. The van der Waals surface area contributed by atoms with E-state index in [-0.39, 0.29) is 0 Å². The maximum atomic E-state index is 5.53. The number of alkyl halides is 1. The van der Waals surface area contributed by atoms with Gasteiger partial charge in [0.1, 0.15) is 0 Å². The van der Waals surface area contributed by atoms with Crippen LogP contribution in [0.5, 0.6) is 11.5 Å². The fourth-order valence-corrected chi connectivity index (χ4v) is 1.53. The van der Waals surface area contributed by atoms with Crippen LogP contribution in [-0.2, 0) is 5.88 Å². The van der Waals surface area contributed by atoms with E-state index < -0.39 is 0 Å². The molecule has 0 heterocycles. The van der Waals surface area contributed by atoms with Gasteiger partial charge in [-0.2, -0.15) is 0 Å². The summed E-state index contributed by atoms with van der Waals surface area (Å²) in [4.78, 5) is 0. The van der Waals surface area contributed by atoms with Crippen molar-refractivity contribution in [2.24, 2.45) is 0 Å². The zero-order valence-electron chi connectivity index (χ0n) is 10.6. The number of para-hydroxylation sites is 2. The predicted molar refractivity (Wildman–Crippen MR) is 75.5 cm³/mol. The molecule has 0 unspecified atom stereocenters. The number of ether oxygens (including phenoxy) is 2. The molecule has 0 atom stereocenters. The minimum absolute atomic E-state index is 0.612. The highest BCUT2D eigenvalue weighted by Crippen LogP contribution is 2.24. The fraction of sp³-hybridized carbons (Fsp3) is 0.200. The molecule has 96 valence electrons. The van der Waals surface area contributed by atoms with Crippen LogP contribution in [0.1, 0.15) is 5.56 Å². The highest BCUT2D eigenvalue weighted by Gasteiger charge is 1.97. The second-order valence-electron chi connectivity index (χ2n) is 3.47. The fourth-order valence-electron chi connectivity index (χ4n) is 1.35. The molecule has 2 aromatic rings.